The molecule has 1 aromatic rings. The van der Waals surface area contributed by atoms with Gasteiger partial charge in [-0.2, -0.15) is 0 Å². The number of anilines is 2. The number of hydrogen-bond acceptors (Lipinski definition) is 3. The molecule has 3 rings (SSSR count). The molecule has 2 fully saturated rings. The van der Waals surface area contributed by atoms with Crippen LogP contribution in [-0.2, 0) is 9.59 Å². The molecule has 0 aromatic heterocycles. The molecule has 2 aliphatic rings. The third kappa shape index (κ3) is 5.98. The van der Waals surface area contributed by atoms with E-state index in [2.05, 4.69) is 29.3 Å². The third-order valence-corrected chi connectivity index (χ3v) is 6.15. The van der Waals surface area contributed by atoms with Gasteiger partial charge in [0.05, 0.1) is 0 Å². The number of nitrogens with zero attached hydrogens (tertiary/aromatic N) is 2. The Morgan fingerprint density at radius 3 is 2.32 bits per heavy atom. The molecular weight excluding hydrogens is 350 g/mol. The van der Waals surface area contributed by atoms with E-state index in [0.717, 1.165) is 69.2 Å². The first-order chi connectivity index (χ1) is 13.7. The van der Waals surface area contributed by atoms with E-state index in [-0.39, 0.29) is 5.91 Å². The average Bonchev–Trinajstić information content (AvgIpc) is 3.25. The Balaban J connectivity index is 1.41. The molecule has 0 bridgehead atoms. The van der Waals surface area contributed by atoms with E-state index in [9.17, 15) is 9.59 Å². The van der Waals surface area contributed by atoms with E-state index in [1.165, 1.54) is 25.7 Å². The lowest BCUT2D eigenvalue weighted by Gasteiger charge is -2.36. The average molecular weight is 386 g/mol. The Hall–Kier alpha value is -2.04. The summed E-state index contributed by atoms with van der Waals surface area (Å²) < 4.78 is 0. The monoisotopic (exact) mass is 385 g/mol. The molecule has 1 saturated heterocycles. The highest BCUT2D eigenvalue weighted by molar-refractivity contribution is 5.90. The summed E-state index contributed by atoms with van der Waals surface area (Å²) in [5, 5.41) is 2.96. The van der Waals surface area contributed by atoms with Crippen LogP contribution < -0.4 is 10.2 Å². The summed E-state index contributed by atoms with van der Waals surface area (Å²) in [5.74, 6) is 1.20. The number of benzene rings is 1. The molecule has 1 heterocycles. The summed E-state index contributed by atoms with van der Waals surface area (Å²) >= 11 is 0. The van der Waals surface area contributed by atoms with Crippen molar-refractivity contribution >= 4 is 23.2 Å². The van der Waals surface area contributed by atoms with E-state index in [0.29, 0.717) is 12.3 Å². The Bertz CT molecular complexity index is 630. The minimum atomic E-state index is 0.0827. The lowest BCUT2D eigenvalue weighted by Crippen LogP contribution is -2.48. The van der Waals surface area contributed by atoms with Crippen LogP contribution in [0.3, 0.4) is 0 Å². The van der Waals surface area contributed by atoms with Crippen molar-refractivity contribution in [3.8, 4) is 0 Å². The van der Waals surface area contributed by atoms with Crippen molar-refractivity contribution in [1.29, 1.82) is 0 Å². The van der Waals surface area contributed by atoms with Gasteiger partial charge < -0.3 is 15.1 Å². The molecule has 1 saturated carbocycles. The standard InChI is InChI=1S/C23H35N3O2/c1-2-3-8-22(27)24-20-10-12-21(13-11-20)25-15-17-26(18-16-25)23(28)14-9-19-6-4-5-7-19/h10-13,19H,2-9,14-18H2,1H3,(H,24,27). The van der Waals surface area contributed by atoms with Crippen molar-refractivity contribution in [2.45, 2.75) is 64.7 Å². The normalized spacial score (nSPS) is 17.8. The Morgan fingerprint density at radius 2 is 1.68 bits per heavy atom. The molecule has 0 unspecified atom stereocenters. The summed E-state index contributed by atoms with van der Waals surface area (Å²) in [6.45, 7) is 5.44. The highest BCUT2D eigenvalue weighted by atomic mass is 16.2. The Labute approximate surface area is 169 Å². The molecular formula is C23H35N3O2. The molecule has 154 valence electrons. The van der Waals surface area contributed by atoms with Crippen LogP contribution in [0, 0.1) is 5.92 Å². The number of carbonyl (C=O) groups excluding carboxylic acids is 2. The number of rotatable bonds is 8. The van der Waals surface area contributed by atoms with Crippen molar-refractivity contribution in [3.05, 3.63) is 24.3 Å². The maximum Gasteiger partial charge on any atom is 0.224 e. The van der Waals surface area contributed by atoms with Gasteiger partial charge in [-0.15, -0.1) is 0 Å². The smallest absolute Gasteiger partial charge is 0.224 e. The van der Waals surface area contributed by atoms with Crippen LogP contribution in [0.1, 0.15) is 64.7 Å². The number of carbonyl (C=O) groups is 2. The van der Waals surface area contributed by atoms with E-state index in [4.69, 9.17) is 0 Å². The van der Waals surface area contributed by atoms with E-state index >= 15 is 0 Å². The van der Waals surface area contributed by atoms with Crippen LogP contribution >= 0.6 is 0 Å². The maximum atomic E-state index is 12.5. The van der Waals surface area contributed by atoms with Crippen LogP contribution in [0.5, 0.6) is 0 Å². The van der Waals surface area contributed by atoms with Crippen molar-refractivity contribution in [1.82, 2.24) is 4.90 Å². The molecule has 1 aliphatic heterocycles. The third-order valence-electron chi connectivity index (χ3n) is 6.15. The number of amides is 2. The van der Waals surface area contributed by atoms with Gasteiger partial charge in [0.2, 0.25) is 11.8 Å². The summed E-state index contributed by atoms with van der Waals surface area (Å²) in [5.41, 5.74) is 2.01. The predicted octanol–water partition coefficient (Wildman–Crippen LogP) is 4.43. The highest BCUT2D eigenvalue weighted by Gasteiger charge is 2.23. The van der Waals surface area contributed by atoms with Gasteiger partial charge in [-0.3, -0.25) is 9.59 Å². The van der Waals surface area contributed by atoms with Gasteiger partial charge >= 0.3 is 0 Å². The van der Waals surface area contributed by atoms with Crippen LogP contribution in [0.25, 0.3) is 0 Å². The zero-order chi connectivity index (χ0) is 19.8. The zero-order valence-electron chi connectivity index (χ0n) is 17.3. The molecule has 2 amide bonds. The van der Waals surface area contributed by atoms with E-state index in [1.54, 1.807) is 0 Å². The zero-order valence-corrected chi connectivity index (χ0v) is 17.3. The summed E-state index contributed by atoms with van der Waals surface area (Å²) in [6.07, 6.45) is 9.65. The first-order valence-electron chi connectivity index (χ1n) is 11.1. The second-order valence-electron chi connectivity index (χ2n) is 8.26. The summed E-state index contributed by atoms with van der Waals surface area (Å²) in [4.78, 5) is 28.7. The maximum absolute atomic E-state index is 12.5. The first-order valence-corrected chi connectivity index (χ1v) is 11.1. The topological polar surface area (TPSA) is 52.7 Å². The van der Waals surface area contributed by atoms with Crippen LogP contribution in [0.2, 0.25) is 0 Å². The first kappa shape index (κ1) is 20.7. The molecule has 0 radical (unpaired) electrons. The minimum Gasteiger partial charge on any atom is -0.368 e. The van der Waals surface area contributed by atoms with Crippen molar-refractivity contribution < 1.29 is 9.59 Å². The van der Waals surface area contributed by atoms with Gasteiger partial charge in [0.15, 0.2) is 0 Å². The van der Waals surface area contributed by atoms with Gasteiger partial charge in [-0.05, 0) is 43.0 Å². The number of nitrogens with one attached hydrogen (secondary N) is 1. The molecule has 5 heteroatoms. The number of unbranched alkanes of at least 4 members (excludes halogenated alkanes) is 1. The van der Waals surface area contributed by atoms with Crippen LogP contribution in [0.4, 0.5) is 11.4 Å². The number of piperazine rings is 1. The minimum absolute atomic E-state index is 0.0827. The van der Waals surface area contributed by atoms with E-state index < -0.39 is 0 Å². The van der Waals surface area contributed by atoms with E-state index in [1.807, 2.05) is 17.0 Å². The lowest BCUT2D eigenvalue weighted by atomic mass is 10.0. The van der Waals surface area contributed by atoms with Crippen molar-refractivity contribution in [3.63, 3.8) is 0 Å². The molecule has 0 spiro atoms. The largest absolute Gasteiger partial charge is 0.368 e. The summed E-state index contributed by atoms with van der Waals surface area (Å²) in [7, 11) is 0. The fraction of sp³-hybridized carbons (Fsp3) is 0.652. The molecule has 1 aliphatic carbocycles. The van der Waals surface area contributed by atoms with Crippen LogP contribution in [0.15, 0.2) is 24.3 Å². The SMILES string of the molecule is CCCCC(=O)Nc1ccc(N2CCN(C(=O)CCC3CCCC3)CC2)cc1. The van der Waals surface area contributed by atoms with Gasteiger partial charge in [0, 0.05) is 50.4 Å². The van der Waals surface area contributed by atoms with Crippen molar-refractivity contribution in [2.24, 2.45) is 5.92 Å². The second-order valence-corrected chi connectivity index (χ2v) is 8.26. The lowest BCUT2D eigenvalue weighted by molar-refractivity contribution is -0.131. The van der Waals surface area contributed by atoms with Crippen molar-refractivity contribution in [2.75, 3.05) is 36.4 Å². The molecule has 5 nitrogen and oxygen atoms in total. The fourth-order valence-electron chi connectivity index (χ4n) is 4.32. The summed E-state index contributed by atoms with van der Waals surface area (Å²) in [6, 6.07) is 8.07. The second kappa shape index (κ2) is 10.5. The van der Waals surface area contributed by atoms with Gasteiger partial charge in [0.25, 0.3) is 0 Å². The molecule has 1 N–H and O–H groups in total. The quantitative estimate of drug-likeness (QED) is 0.720. The number of hydrogen-bond donors (Lipinski definition) is 1. The highest BCUT2D eigenvalue weighted by Crippen LogP contribution is 2.29. The Kier molecular flexibility index (Phi) is 7.75. The molecule has 28 heavy (non-hydrogen) atoms. The van der Waals surface area contributed by atoms with Gasteiger partial charge in [0.1, 0.15) is 0 Å². The molecule has 1 aromatic carbocycles. The fourth-order valence-corrected chi connectivity index (χ4v) is 4.32. The Morgan fingerprint density at radius 1 is 1.00 bits per heavy atom. The van der Waals surface area contributed by atoms with Gasteiger partial charge in [-0.1, -0.05) is 39.0 Å². The van der Waals surface area contributed by atoms with Crippen LogP contribution in [-0.4, -0.2) is 42.9 Å². The molecule has 0 atom stereocenters. The predicted molar refractivity (Wildman–Crippen MR) is 115 cm³/mol. The van der Waals surface area contributed by atoms with Gasteiger partial charge in [-0.25, -0.2) is 0 Å².